The van der Waals surface area contributed by atoms with Gasteiger partial charge in [0.25, 0.3) is 0 Å². The molecule has 0 saturated heterocycles. The Labute approximate surface area is 145 Å². The molecule has 3 N–H and O–H groups in total. The Balaban J connectivity index is 2.17. The molecule has 0 saturated carbocycles. The lowest BCUT2D eigenvalue weighted by molar-refractivity contribution is -0.132. The number of imidazole rings is 1. The largest absolute Gasteiger partial charge is 0.478 e. The maximum absolute atomic E-state index is 11.6. The Morgan fingerprint density at radius 2 is 2.12 bits per heavy atom. The van der Waals surface area contributed by atoms with Crippen molar-refractivity contribution in [3.8, 4) is 0 Å². The van der Waals surface area contributed by atoms with Gasteiger partial charge in [0, 0.05) is 18.9 Å². The maximum Gasteiger partial charge on any atom is 0.336 e. The van der Waals surface area contributed by atoms with Crippen LogP contribution in [0, 0.1) is 0 Å². The van der Waals surface area contributed by atoms with Crippen LogP contribution in [0.4, 0.5) is 0 Å². The van der Waals surface area contributed by atoms with Crippen LogP contribution in [0.25, 0.3) is 5.57 Å². The standard InChI is InChI=1S/C19H19N3O3/c20-25-12-18-15(7-4-8-16(18)19(23)24)17(11-22-10-9-21-13-22)14-5-2-1-3-6-14/h1-6,8-10,13H,7,11-12,20H2,(H,23,24). The smallest absolute Gasteiger partial charge is 0.336 e. The van der Waals surface area contributed by atoms with Crippen LogP contribution in [0.2, 0.25) is 0 Å². The van der Waals surface area contributed by atoms with E-state index in [4.69, 9.17) is 10.7 Å². The van der Waals surface area contributed by atoms with Gasteiger partial charge in [-0.2, -0.15) is 0 Å². The van der Waals surface area contributed by atoms with Gasteiger partial charge in [-0.25, -0.2) is 15.7 Å². The Morgan fingerprint density at radius 3 is 2.76 bits per heavy atom. The number of allylic oxidation sites excluding steroid dienone is 2. The molecule has 1 heterocycles. The summed E-state index contributed by atoms with van der Waals surface area (Å²) in [4.78, 5) is 20.5. The average molecular weight is 337 g/mol. The van der Waals surface area contributed by atoms with Gasteiger partial charge in [-0.15, -0.1) is 0 Å². The van der Waals surface area contributed by atoms with Gasteiger partial charge in [-0.05, 0) is 28.7 Å². The number of carboxylic acid groups (broad SMARTS) is 1. The van der Waals surface area contributed by atoms with Crippen LogP contribution in [0.1, 0.15) is 12.0 Å². The molecule has 1 aliphatic carbocycles. The highest BCUT2D eigenvalue weighted by Gasteiger charge is 2.22. The molecule has 1 aliphatic rings. The van der Waals surface area contributed by atoms with Crippen LogP contribution < -0.4 is 5.90 Å². The van der Waals surface area contributed by atoms with E-state index in [-0.39, 0.29) is 12.2 Å². The van der Waals surface area contributed by atoms with Crippen LogP contribution in [0.15, 0.2) is 77.9 Å². The molecule has 3 rings (SSSR count). The van der Waals surface area contributed by atoms with Crippen molar-refractivity contribution in [1.82, 2.24) is 9.55 Å². The van der Waals surface area contributed by atoms with Gasteiger partial charge < -0.3 is 9.67 Å². The zero-order chi connectivity index (χ0) is 17.6. The Hall–Kier alpha value is -2.96. The topological polar surface area (TPSA) is 90.4 Å². The monoisotopic (exact) mass is 337 g/mol. The molecule has 6 nitrogen and oxygen atoms in total. The summed E-state index contributed by atoms with van der Waals surface area (Å²) in [6, 6.07) is 9.90. The summed E-state index contributed by atoms with van der Waals surface area (Å²) < 4.78 is 1.95. The minimum Gasteiger partial charge on any atom is -0.478 e. The molecule has 0 radical (unpaired) electrons. The van der Waals surface area contributed by atoms with E-state index in [1.165, 1.54) is 0 Å². The quantitative estimate of drug-likeness (QED) is 0.791. The number of nitrogens with two attached hydrogens (primary N) is 1. The van der Waals surface area contributed by atoms with Gasteiger partial charge >= 0.3 is 5.97 Å². The molecular weight excluding hydrogens is 318 g/mol. The predicted molar refractivity (Wildman–Crippen MR) is 94.1 cm³/mol. The molecule has 128 valence electrons. The molecule has 0 bridgehead atoms. The first-order valence-corrected chi connectivity index (χ1v) is 7.89. The van der Waals surface area contributed by atoms with Gasteiger partial charge in [0.05, 0.1) is 18.5 Å². The van der Waals surface area contributed by atoms with E-state index in [1.807, 2.05) is 47.2 Å². The Kier molecular flexibility index (Phi) is 5.23. The molecule has 0 atom stereocenters. The first-order valence-electron chi connectivity index (χ1n) is 7.89. The van der Waals surface area contributed by atoms with E-state index in [0.717, 1.165) is 16.7 Å². The first-order chi connectivity index (χ1) is 12.2. The minimum atomic E-state index is -0.990. The van der Waals surface area contributed by atoms with E-state index >= 15 is 0 Å². The zero-order valence-corrected chi connectivity index (χ0v) is 13.6. The number of aromatic nitrogens is 2. The summed E-state index contributed by atoms with van der Waals surface area (Å²) in [5.74, 6) is 4.28. The van der Waals surface area contributed by atoms with Crippen molar-refractivity contribution in [2.75, 3.05) is 6.61 Å². The maximum atomic E-state index is 11.6. The molecule has 6 heteroatoms. The zero-order valence-electron chi connectivity index (χ0n) is 13.6. The fourth-order valence-corrected chi connectivity index (χ4v) is 3.00. The van der Waals surface area contributed by atoms with Crippen molar-refractivity contribution >= 4 is 11.5 Å². The number of rotatable bonds is 6. The highest BCUT2D eigenvalue weighted by molar-refractivity contribution is 5.93. The lowest BCUT2D eigenvalue weighted by Crippen LogP contribution is -2.16. The fourth-order valence-electron chi connectivity index (χ4n) is 3.00. The second-order valence-corrected chi connectivity index (χ2v) is 5.67. The first kappa shape index (κ1) is 16.9. The molecule has 2 aromatic rings. The van der Waals surface area contributed by atoms with E-state index in [2.05, 4.69) is 4.98 Å². The molecule has 0 amide bonds. The molecule has 0 unspecified atom stereocenters. The normalized spacial score (nSPS) is 16.2. The summed E-state index contributed by atoms with van der Waals surface area (Å²) in [6.45, 7) is 0.621. The Morgan fingerprint density at radius 1 is 1.32 bits per heavy atom. The van der Waals surface area contributed by atoms with Crippen LogP contribution in [-0.2, 0) is 16.2 Å². The van der Waals surface area contributed by atoms with Crippen molar-refractivity contribution in [3.05, 3.63) is 83.5 Å². The number of aliphatic carboxylic acids is 1. The van der Waals surface area contributed by atoms with Crippen molar-refractivity contribution in [2.24, 2.45) is 5.90 Å². The highest BCUT2D eigenvalue weighted by atomic mass is 16.6. The SMILES string of the molecule is NOCC1=C(C(=O)O)C=CCC1=C(Cn1ccnc1)c1ccccc1. The molecule has 1 aromatic carbocycles. The summed E-state index contributed by atoms with van der Waals surface area (Å²) >= 11 is 0. The molecule has 0 spiro atoms. The van der Waals surface area contributed by atoms with Crippen LogP contribution >= 0.6 is 0 Å². The van der Waals surface area contributed by atoms with Gasteiger partial charge in [0.1, 0.15) is 0 Å². The van der Waals surface area contributed by atoms with E-state index in [0.29, 0.717) is 18.5 Å². The minimum absolute atomic E-state index is 0.0432. The second-order valence-electron chi connectivity index (χ2n) is 5.67. The molecule has 25 heavy (non-hydrogen) atoms. The second kappa shape index (κ2) is 7.74. The average Bonchev–Trinajstić information content (AvgIpc) is 3.14. The lowest BCUT2D eigenvalue weighted by Gasteiger charge is -2.22. The summed E-state index contributed by atoms with van der Waals surface area (Å²) in [5, 5.41) is 9.52. The summed E-state index contributed by atoms with van der Waals surface area (Å²) in [7, 11) is 0. The van der Waals surface area contributed by atoms with Crippen LogP contribution in [0.5, 0.6) is 0 Å². The number of hydrogen-bond acceptors (Lipinski definition) is 4. The van der Waals surface area contributed by atoms with Crippen molar-refractivity contribution in [3.63, 3.8) is 0 Å². The van der Waals surface area contributed by atoms with Crippen LogP contribution in [-0.4, -0.2) is 27.2 Å². The van der Waals surface area contributed by atoms with E-state index in [9.17, 15) is 9.90 Å². The number of nitrogens with zero attached hydrogens (tertiary/aromatic N) is 2. The summed E-state index contributed by atoms with van der Waals surface area (Å²) in [6.07, 6.45) is 9.42. The molecule has 0 aliphatic heterocycles. The highest BCUT2D eigenvalue weighted by Crippen LogP contribution is 2.33. The van der Waals surface area contributed by atoms with E-state index < -0.39 is 5.97 Å². The van der Waals surface area contributed by atoms with Gasteiger partial charge in [0.15, 0.2) is 0 Å². The van der Waals surface area contributed by atoms with Gasteiger partial charge in [-0.3, -0.25) is 4.84 Å². The fraction of sp³-hybridized carbons (Fsp3) is 0.158. The number of benzene rings is 1. The van der Waals surface area contributed by atoms with Crippen molar-refractivity contribution in [2.45, 2.75) is 13.0 Å². The molecular formula is C19H19N3O3. The number of carboxylic acids is 1. The Bertz CT molecular complexity index is 834. The van der Waals surface area contributed by atoms with Crippen molar-refractivity contribution in [1.29, 1.82) is 0 Å². The third-order valence-corrected chi connectivity index (χ3v) is 4.14. The van der Waals surface area contributed by atoms with E-state index in [1.54, 1.807) is 18.6 Å². The third kappa shape index (κ3) is 3.76. The van der Waals surface area contributed by atoms with Crippen LogP contribution in [0.3, 0.4) is 0 Å². The van der Waals surface area contributed by atoms with Gasteiger partial charge in [0.2, 0.25) is 0 Å². The lowest BCUT2D eigenvalue weighted by atomic mass is 9.86. The predicted octanol–water partition coefficient (Wildman–Crippen LogP) is 2.57. The number of carbonyl (C=O) groups is 1. The molecule has 1 aromatic heterocycles. The van der Waals surface area contributed by atoms with Crippen molar-refractivity contribution < 1.29 is 14.7 Å². The molecule has 0 fully saturated rings. The van der Waals surface area contributed by atoms with Gasteiger partial charge in [-0.1, -0.05) is 42.5 Å². The summed E-state index contributed by atoms with van der Waals surface area (Å²) in [5.41, 5.74) is 3.79. The third-order valence-electron chi connectivity index (χ3n) is 4.14. The number of hydrogen-bond donors (Lipinski definition) is 2.